The third-order valence-electron chi connectivity index (χ3n) is 17.2. The zero-order chi connectivity index (χ0) is 67.3. The molecule has 0 amide bonds. The van der Waals surface area contributed by atoms with Crippen molar-refractivity contribution < 1.29 is 61.5 Å². The molecule has 16 heteroatoms. The highest BCUT2D eigenvalue weighted by Crippen LogP contribution is 2.51. The molecular weight excluding hydrogens is 1240 g/mol. The fourth-order valence-electron chi connectivity index (χ4n) is 12.1. The van der Waals surface area contributed by atoms with Crippen molar-refractivity contribution >= 4 is 83.0 Å². The summed E-state index contributed by atoms with van der Waals surface area (Å²) in [7, 11) is -8.66. The molecule has 0 spiro atoms. The van der Waals surface area contributed by atoms with Gasteiger partial charge in [0, 0.05) is 49.6 Å². The Kier molecular flexibility index (Phi) is 22.8. The second-order valence-corrected chi connectivity index (χ2v) is 31.3. The highest BCUT2D eigenvalue weighted by Gasteiger charge is 2.41. The van der Waals surface area contributed by atoms with Gasteiger partial charge < -0.3 is 37.6 Å². The van der Waals surface area contributed by atoms with Crippen LogP contribution in [0.2, 0.25) is 0 Å². The Bertz CT molecular complexity index is 4000. The number of rotatable bonds is 28. The second-order valence-electron chi connectivity index (χ2n) is 23.8. The third-order valence-corrected chi connectivity index (χ3v) is 25.3. The molecular formula is C78H79O13P3. The third kappa shape index (κ3) is 15.3. The molecule has 0 saturated heterocycles. The highest BCUT2D eigenvalue weighted by molar-refractivity contribution is 7.94. The Balaban J connectivity index is 0.937. The van der Waals surface area contributed by atoms with Gasteiger partial charge in [0.05, 0.1) is 5.41 Å². The van der Waals surface area contributed by atoms with Crippen molar-refractivity contribution in [2.45, 2.75) is 81.8 Å². The number of hydrogen-bond donors (Lipinski definition) is 0. The Hall–Kier alpha value is -8.98. The largest absolute Gasteiger partial charge is 0.481 e. The van der Waals surface area contributed by atoms with Crippen LogP contribution < -0.4 is 46.0 Å². The summed E-state index contributed by atoms with van der Waals surface area (Å²) in [6.07, 6.45) is 0.910. The first-order valence-corrected chi connectivity index (χ1v) is 36.1. The predicted molar refractivity (Wildman–Crippen MR) is 375 cm³/mol. The van der Waals surface area contributed by atoms with E-state index in [-0.39, 0.29) is 35.7 Å². The van der Waals surface area contributed by atoms with Gasteiger partial charge in [-0.1, -0.05) is 207 Å². The molecule has 9 aromatic rings. The van der Waals surface area contributed by atoms with Gasteiger partial charge in [-0.15, -0.1) is 0 Å². The maximum atomic E-state index is 15.3. The van der Waals surface area contributed by atoms with E-state index >= 15 is 9.13 Å². The maximum absolute atomic E-state index is 15.3. The molecule has 0 heterocycles. The van der Waals surface area contributed by atoms with Crippen molar-refractivity contribution in [3.05, 3.63) is 267 Å². The van der Waals surface area contributed by atoms with Crippen LogP contribution in [0.25, 0.3) is 0 Å². The fourth-order valence-corrected chi connectivity index (χ4v) is 19.8. The minimum atomic E-state index is -3.93. The van der Waals surface area contributed by atoms with Gasteiger partial charge in [-0.3, -0.25) is 9.59 Å². The zero-order valence-corrected chi connectivity index (χ0v) is 57.5. The molecule has 0 atom stereocenters. The molecule has 0 N–H and O–H groups in total. The summed E-state index contributed by atoms with van der Waals surface area (Å²) < 4.78 is 67.2. The zero-order valence-electron chi connectivity index (χ0n) is 54.9. The van der Waals surface area contributed by atoms with E-state index in [9.17, 15) is 24.0 Å². The van der Waals surface area contributed by atoms with Crippen molar-refractivity contribution in [1.29, 1.82) is 0 Å². The quantitative estimate of drug-likeness (QED) is 0.0258. The van der Waals surface area contributed by atoms with Crippen LogP contribution in [0.5, 0.6) is 17.2 Å². The van der Waals surface area contributed by atoms with E-state index in [0.29, 0.717) is 60.3 Å². The van der Waals surface area contributed by atoms with E-state index in [0.717, 1.165) is 28.4 Å². The van der Waals surface area contributed by atoms with Crippen LogP contribution in [0.4, 0.5) is 0 Å². The average molecular weight is 1320 g/mol. The number of carbonyl (C=O) groups is 5. The Morgan fingerprint density at radius 3 is 0.947 bits per heavy atom. The van der Waals surface area contributed by atoms with Crippen LogP contribution in [-0.4, -0.2) is 68.6 Å². The van der Waals surface area contributed by atoms with Crippen LogP contribution in [0.3, 0.4) is 0 Å². The number of benzene rings is 9. The Morgan fingerprint density at radius 2 is 0.649 bits per heavy atom. The number of hydrogen-bond acceptors (Lipinski definition) is 13. The first-order valence-electron chi connectivity index (χ1n) is 31.2. The van der Waals surface area contributed by atoms with Crippen molar-refractivity contribution in [2.24, 2.45) is 5.41 Å². The van der Waals surface area contributed by atoms with Gasteiger partial charge in [0.1, 0.15) is 37.1 Å². The lowest BCUT2D eigenvalue weighted by Gasteiger charge is -2.31. The molecule has 13 nitrogen and oxygen atoms in total. The molecule has 9 aromatic carbocycles. The summed E-state index contributed by atoms with van der Waals surface area (Å²) in [4.78, 5) is 71.7. The lowest BCUT2D eigenvalue weighted by atomic mass is 9.88. The molecule has 9 rings (SSSR count). The molecule has 0 fully saturated rings. The summed E-state index contributed by atoms with van der Waals surface area (Å²) in [5, 5.41) is 3.97. The van der Waals surface area contributed by atoms with Gasteiger partial charge >= 0.3 is 17.9 Å². The molecule has 0 aromatic heterocycles. The lowest BCUT2D eigenvalue weighted by molar-refractivity contribution is -0.164. The van der Waals surface area contributed by atoms with Crippen LogP contribution in [0.1, 0.15) is 89.7 Å². The minimum absolute atomic E-state index is 0.170. The van der Waals surface area contributed by atoms with Crippen LogP contribution >= 0.6 is 22.2 Å². The molecule has 0 unspecified atom stereocenters. The topological polar surface area (TPSA) is 175 Å². The van der Waals surface area contributed by atoms with Crippen LogP contribution in [0.15, 0.2) is 200 Å². The number of aryl methyl sites for hydroxylation is 6. The molecule has 0 aliphatic carbocycles. The van der Waals surface area contributed by atoms with Gasteiger partial charge in [0.25, 0.3) is 0 Å². The van der Waals surface area contributed by atoms with E-state index in [1.807, 2.05) is 26.0 Å². The van der Waals surface area contributed by atoms with Crippen molar-refractivity contribution in [1.82, 2.24) is 0 Å². The number of carbonyl (C=O) groups excluding carboxylic acids is 5. The van der Waals surface area contributed by atoms with Crippen molar-refractivity contribution in [3.63, 3.8) is 0 Å². The summed E-state index contributed by atoms with van der Waals surface area (Å²) in [6.45, 7) is 15.4. The highest BCUT2D eigenvalue weighted by atomic mass is 31.2. The van der Waals surface area contributed by atoms with E-state index in [1.165, 1.54) is 10.6 Å². The molecule has 0 aliphatic heterocycles. The smallest absolute Gasteiger partial charge is 0.344 e. The molecule has 484 valence electrons. The molecule has 0 bridgehead atoms. The number of esters is 3. The van der Waals surface area contributed by atoms with E-state index in [2.05, 4.69) is 61.5 Å². The first kappa shape index (κ1) is 69.4. The standard InChI is InChI=1S/C78H79O13P3/c1-11-78(49-89-68(79)45-86-73-55(5)42-52(2)67(58(73)8)48-92(61-30-18-12-19-31-61)62-32-20-13-21-33-62,50-90-69(80)46-87-74-56(6)43-53(3)71(59(74)9)76(82)93(84,63-34-22-14-23-35-63)64-36-24-15-25-37-64)51-91-70(81)47-88-75-57(7)44-54(4)72(60(75)10)77(83)94(85,65-38-26-16-27-39-65)66-40-28-17-29-41-66/h12-44H,11,45-51H2,1-10H3. The van der Waals surface area contributed by atoms with Gasteiger partial charge in [-0.25, -0.2) is 14.4 Å². The second kappa shape index (κ2) is 30.8. The van der Waals surface area contributed by atoms with Crippen molar-refractivity contribution in [3.8, 4) is 17.2 Å². The number of ether oxygens (including phenoxy) is 6. The summed E-state index contributed by atoms with van der Waals surface area (Å²) in [5.74, 6) is -1.33. The maximum Gasteiger partial charge on any atom is 0.344 e. The van der Waals surface area contributed by atoms with E-state index < -0.39 is 89.6 Å². The molecule has 0 saturated carbocycles. The van der Waals surface area contributed by atoms with Gasteiger partial charge in [0.15, 0.2) is 19.8 Å². The average Bonchev–Trinajstić information content (AvgIpc) is 0.761. The normalized spacial score (nSPS) is 11.6. The molecule has 94 heavy (non-hydrogen) atoms. The van der Waals surface area contributed by atoms with Gasteiger partial charge in [0.2, 0.25) is 25.3 Å². The SMILES string of the molecule is CCC(COC(=O)COc1c(C)cc(C)c(CP(c2ccccc2)c2ccccc2)c1C)(COC(=O)COc1c(C)cc(C)c(C(=O)P(=O)(c2ccccc2)c2ccccc2)c1C)COC(=O)COc1c(C)cc(C)c(C(=O)P(=O)(c2ccccc2)c2ccccc2)c1C. The Labute approximate surface area is 552 Å². The Morgan fingerprint density at radius 1 is 0.372 bits per heavy atom. The fraction of sp³-hybridized carbons (Fsp3) is 0.244. The summed E-state index contributed by atoms with van der Waals surface area (Å²) in [6, 6.07) is 61.0. The predicted octanol–water partition coefficient (Wildman–Crippen LogP) is 14.0. The van der Waals surface area contributed by atoms with Gasteiger partial charge in [-0.2, -0.15) is 0 Å². The van der Waals surface area contributed by atoms with E-state index in [1.54, 1.807) is 182 Å². The first-order chi connectivity index (χ1) is 45.1. The van der Waals surface area contributed by atoms with Crippen LogP contribution in [-0.2, 0) is 43.9 Å². The monoisotopic (exact) mass is 1320 g/mol. The van der Waals surface area contributed by atoms with E-state index in [4.69, 9.17) is 28.4 Å². The van der Waals surface area contributed by atoms with Crippen molar-refractivity contribution in [2.75, 3.05) is 39.6 Å². The van der Waals surface area contributed by atoms with Gasteiger partial charge in [-0.05, 0) is 132 Å². The molecule has 0 aliphatic rings. The lowest BCUT2D eigenvalue weighted by Crippen LogP contribution is -2.40. The van der Waals surface area contributed by atoms with Crippen LogP contribution in [0, 0.1) is 67.7 Å². The molecule has 0 radical (unpaired) electrons. The summed E-state index contributed by atoms with van der Waals surface area (Å²) >= 11 is 0. The minimum Gasteiger partial charge on any atom is -0.481 e. The summed E-state index contributed by atoms with van der Waals surface area (Å²) in [5.41, 5.74) is 5.09.